The largest absolute Gasteiger partial charge is 0.271 e. The highest BCUT2D eigenvalue weighted by atomic mass is 15.2. The van der Waals surface area contributed by atoms with Gasteiger partial charge in [-0.3, -0.25) is 11.3 Å². The van der Waals surface area contributed by atoms with Gasteiger partial charge >= 0.3 is 0 Å². The number of hydrazine groups is 1. The summed E-state index contributed by atoms with van der Waals surface area (Å²) in [7, 11) is 0. The van der Waals surface area contributed by atoms with E-state index in [1.807, 2.05) is 0 Å². The first-order chi connectivity index (χ1) is 7.83. The molecule has 16 heavy (non-hydrogen) atoms. The van der Waals surface area contributed by atoms with Crippen LogP contribution in [0.5, 0.6) is 0 Å². The van der Waals surface area contributed by atoms with Gasteiger partial charge in [0.25, 0.3) is 0 Å². The summed E-state index contributed by atoms with van der Waals surface area (Å²) in [6, 6.07) is 0.593. The summed E-state index contributed by atoms with van der Waals surface area (Å²) in [6.07, 6.45) is 12.7. The minimum atomic E-state index is 0.593. The van der Waals surface area contributed by atoms with E-state index in [0.29, 0.717) is 6.04 Å². The van der Waals surface area contributed by atoms with Crippen LogP contribution in [0.4, 0.5) is 0 Å². The number of nitrogens with two attached hydrogens (primary N) is 1. The Morgan fingerprint density at radius 1 is 1.19 bits per heavy atom. The summed E-state index contributed by atoms with van der Waals surface area (Å²) in [5.74, 6) is 8.61. The van der Waals surface area contributed by atoms with Gasteiger partial charge in [0.05, 0.1) is 0 Å². The second-order valence-electron chi connectivity index (χ2n) is 5.99. The highest BCUT2D eigenvalue weighted by Crippen LogP contribution is 2.37. The second-order valence-corrected chi connectivity index (χ2v) is 5.99. The Labute approximate surface area is 100 Å². The van der Waals surface area contributed by atoms with Gasteiger partial charge in [0.15, 0.2) is 0 Å². The van der Waals surface area contributed by atoms with Crippen LogP contribution in [0.15, 0.2) is 0 Å². The fourth-order valence-electron chi connectivity index (χ4n) is 3.35. The van der Waals surface area contributed by atoms with Crippen molar-refractivity contribution in [1.82, 2.24) is 5.43 Å². The van der Waals surface area contributed by atoms with Gasteiger partial charge < -0.3 is 0 Å². The minimum absolute atomic E-state index is 0.593. The number of nitrogens with one attached hydrogen (secondary N) is 1. The van der Waals surface area contributed by atoms with Crippen molar-refractivity contribution in [3.8, 4) is 0 Å². The number of hydrogen-bond acceptors (Lipinski definition) is 2. The normalized spacial score (nSPS) is 32.6. The highest BCUT2D eigenvalue weighted by Gasteiger charge is 2.29. The van der Waals surface area contributed by atoms with Crippen molar-refractivity contribution in [3.63, 3.8) is 0 Å². The molecule has 0 aliphatic heterocycles. The molecule has 0 radical (unpaired) electrons. The van der Waals surface area contributed by atoms with Crippen LogP contribution in [0.1, 0.15) is 64.7 Å². The first kappa shape index (κ1) is 12.4. The Bertz CT molecular complexity index is 201. The van der Waals surface area contributed by atoms with Crippen molar-refractivity contribution in [1.29, 1.82) is 0 Å². The molecule has 2 aliphatic rings. The van der Waals surface area contributed by atoms with Crippen LogP contribution in [0.3, 0.4) is 0 Å². The molecule has 2 nitrogen and oxygen atoms in total. The Hall–Kier alpha value is -0.0800. The summed E-state index contributed by atoms with van der Waals surface area (Å²) in [5.41, 5.74) is 3.10. The van der Waals surface area contributed by atoms with E-state index in [2.05, 4.69) is 12.3 Å². The smallest absolute Gasteiger partial charge is 0.0238 e. The molecule has 2 aliphatic carbocycles. The summed E-state index contributed by atoms with van der Waals surface area (Å²) in [6.45, 7) is 2.34. The lowest BCUT2D eigenvalue weighted by Gasteiger charge is -2.34. The molecule has 0 aromatic heterocycles. The van der Waals surface area contributed by atoms with Crippen molar-refractivity contribution in [2.24, 2.45) is 23.6 Å². The predicted octanol–water partition coefficient (Wildman–Crippen LogP) is 3.22. The predicted molar refractivity (Wildman–Crippen MR) is 68.8 cm³/mol. The lowest BCUT2D eigenvalue weighted by Crippen LogP contribution is -2.42. The van der Waals surface area contributed by atoms with Crippen LogP contribution in [0.2, 0.25) is 0 Å². The molecule has 0 spiro atoms. The maximum atomic E-state index is 5.75. The third-order valence-corrected chi connectivity index (χ3v) is 4.77. The van der Waals surface area contributed by atoms with Crippen molar-refractivity contribution in [3.05, 3.63) is 0 Å². The Balaban J connectivity index is 1.76. The third-order valence-electron chi connectivity index (χ3n) is 4.77. The Morgan fingerprint density at radius 2 is 2.00 bits per heavy atom. The molecule has 3 unspecified atom stereocenters. The standard InChI is InChI=1S/C14H28N2/c1-2-11-4-3-5-13(10-11)14(16-15)9-8-12-6-7-12/h11-14,16H,2-10,15H2,1H3. The summed E-state index contributed by atoms with van der Waals surface area (Å²) < 4.78 is 0. The van der Waals surface area contributed by atoms with Gasteiger partial charge in [0.2, 0.25) is 0 Å². The molecular weight excluding hydrogens is 196 g/mol. The van der Waals surface area contributed by atoms with E-state index in [-0.39, 0.29) is 0 Å². The van der Waals surface area contributed by atoms with E-state index < -0.39 is 0 Å². The Morgan fingerprint density at radius 3 is 2.62 bits per heavy atom. The molecule has 0 amide bonds. The maximum Gasteiger partial charge on any atom is 0.0238 e. The average Bonchev–Trinajstić information content (AvgIpc) is 3.14. The van der Waals surface area contributed by atoms with Crippen molar-refractivity contribution in [2.45, 2.75) is 70.8 Å². The molecular formula is C14H28N2. The molecule has 2 heteroatoms. The quantitative estimate of drug-likeness (QED) is 0.537. The minimum Gasteiger partial charge on any atom is -0.271 e. The Kier molecular flexibility index (Phi) is 4.66. The first-order valence-electron chi connectivity index (χ1n) is 7.29. The lowest BCUT2D eigenvalue weighted by atomic mass is 9.76. The average molecular weight is 224 g/mol. The van der Waals surface area contributed by atoms with E-state index in [1.165, 1.54) is 57.8 Å². The van der Waals surface area contributed by atoms with E-state index in [4.69, 9.17) is 5.84 Å². The zero-order valence-corrected chi connectivity index (χ0v) is 10.8. The van der Waals surface area contributed by atoms with E-state index in [9.17, 15) is 0 Å². The zero-order valence-electron chi connectivity index (χ0n) is 10.8. The zero-order chi connectivity index (χ0) is 11.4. The van der Waals surface area contributed by atoms with Crippen molar-refractivity contribution >= 4 is 0 Å². The summed E-state index contributed by atoms with van der Waals surface area (Å²) >= 11 is 0. The van der Waals surface area contributed by atoms with Crippen molar-refractivity contribution < 1.29 is 0 Å². The topological polar surface area (TPSA) is 38.0 Å². The molecule has 0 heterocycles. The molecule has 0 bridgehead atoms. The van der Waals surface area contributed by atoms with Gasteiger partial charge in [-0.05, 0) is 43.4 Å². The summed E-state index contributed by atoms with van der Waals surface area (Å²) in [4.78, 5) is 0. The fraction of sp³-hybridized carbons (Fsp3) is 1.00. The summed E-state index contributed by atoms with van der Waals surface area (Å²) in [5, 5.41) is 0. The first-order valence-corrected chi connectivity index (χ1v) is 7.29. The van der Waals surface area contributed by atoms with E-state index in [1.54, 1.807) is 0 Å². The molecule has 94 valence electrons. The number of hydrogen-bond donors (Lipinski definition) is 2. The van der Waals surface area contributed by atoms with Crippen LogP contribution in [0.25, 0.3) is 0 Å². The van der Waals surface area contributed by atoms with Crippen LogP contribution in [0, 0.1) is 17.8 Å². The molecule has 2 fully saturated rings. The number of rotatable bonds is 6. The van der Waals surface area contributed by atoms with Gasteiger partial charge in [-0.15, -0.1) is 0 Å². The monoisotopic (exact) mass is 224 g/mol. The molecule has 3 atom stereocenters. The molecule has 3 N–H and O–H groups in total. The lowest BCUT2D eigenvalue weighted by molar-refractivity contribution is 0.199. The molecule has 0 saturated heterocycles. The van der Waals surface area contributed by atoms with Crippen LogP contribution in [-0.2, 0) is 0 Å². The van der Waals surface area contributed by atoms with Crippen LogP contribution >= 0.6 is 0 Å². The van der Waals surface area contributed by atoms with Crippen molar-refractivity contribution in [2.75, 3.05) is 0 Å². The van der Waals surface area contributed by atoms with Gasteiger partial charge in [0, 0.05) is 6.04 Å². The van der Waals surface area contributed by atoms with Gasteiger partial charge in [-0.1, -0.05) is 39.0 Å². The van der Waals surface area contributed by atoms with Crippen LogP contribution < -0.4 is 11.3 Å². The van der Waals surface area contributed by atoms with Gasteiger partial charge in [-0.25, -0.2) is 0 Å². The maximum absolute atomic E-state index is 5.75. The third kappa shape index (κ3) is 3.46. The molecule has 0 aromatic rings. The SMILES string of the molecule is CCC1CCCC(C(CCC2CC2)NN)C1. The van der Waals surface area contributed by atoms with Gasteiger partial charge in [-0.2, -0.15) is 0 Å². The molecule has 2 rings (SSSR count). The fourth-order valence-corrected chi connectivity index (χ4v) is 3.35. The van der Waals surface area contributed by atoms with E-state index >= 15 is 0 Å². The second kappa shape index (κ2) is 6.02. The highest BCUT2D eigenvalue weighted by molar-refractivity contribution is 4.83. The van der Waals surface area contributed by atoms with Crippen LogP contribution in [-0.4, -0.2) is 6.04 Å². The van der Waals surface area contributed by atoms with Gasteiger partial charge in [0.1, 0.15) is 0 Å². The molecule has 2 saturated carbocycles. The van der Waals surface area contributed by atoms with E-state index in [0.717, 1.165) is 17.8 Å². The molecule has 0 aromatic carbocycles.